The molecule has 0 amide bonds. The molecule has 1 aromatic rings. The van der Waals surface area contributed by atoms with Crippen molar-refractivity contribution in [2.45, 2.75) is 76.5 Å². The highest BCUT2D eigenvalue weighted by Gasteiger charge is 2.16. The lowest BCUT2D eigenvalue weighted by Gasteiger charge is -2.12. The molecule has 0 saturated carbocycles. The fraction of sp³-hybridized carbons (Fsp3) is 0.696. The Morgan fingerprint density at radius 3 is 2.50 bits per heavy atom. The zero-order chi connectivity index (χ0) is 23.1. The van der Waals surface area contributed by atoms with Gasteiger partial charge in [-0.05, 0) is 49.0 Å². The normalized spacial score (nSPS) is 14.5. The van der Waals surface area contributed by atoms with Crippen molar-refractivity contribution in [1.82, 2.24) is 6.15 Å². The molecule has 0 aromatic heterocycles. The molecule has 1 heterocycles. The van der Waals surface area contributed by atoms with Crippen LogP contribution in [0.25, 0.3) is 0 Å². The molecule has 6 N–H and O–H groups in total. The molecule has 0 saturated heterocycles. The van der Waals surface area contributed by atoms with E-state index in [1.807, 2.05) is 24.5 Å². The van der Waals surface area contributed by atoms with Crippen molar-refractivity contribution in [2.75, 3.05) is 24.6 Å². The van der Waals surface area contributed by atoms with Crippen molar-refractivity contribution < 1.29 is 23.6 Å². The van der Waals surface area contributed by atoms with E-state index in [2.05, 4.69) is 13.8 Å². The van der Waals surface area contributed by atoms with Gasteiger partial charge in [-0.3, -0.25) is 9.00 Å². The van der Waals surface area contributed by atoms with Gasteiger partial charge in [0, 0.05) is 21.8 Å². The number of hydrogen-bond acceptors (Lipinski definition) is 7. The molecule has 2 rings (SSSR count). The largest absolute Gasteiger partial charge is 0.480 e. The smallest absolute Gasteiger partial charge is 0.320 e. The van der Waals surface area contributed by atoms with Gasteiger partial charge in [-0.25, -0.2) is 0 Å². The standard InChI is InChI=1S/C18H28O3S.C5H11NO2S.H3N/c1-3-4-5-6-7-8-11-22(19)15(2)12-16-9-10-17-18(13-16)21-14-20-17;1-9-3-2-4(6)5(7)8;/h9-10,13,15H,3-8,11-12,14H2,1-2H3;4H,2-3,6H2,1H3,(H,7,8);1H3/t;4-;/m.0./s1. The van der Waals surface area contributed by atoms with Gasteiger partial charge in [0.1, 0.15) is 6.04 Å². The van der Waals surface area contributed by atoms with Gasteiger partial charge in [0.05, 0.1) is 0 Å². The van der Waals surface area contributed by atoms with E-state index in [1.165, 1.54) is 37.7 Å². The zero-order valence-corrected chi connectivity index (χ0v) is 21.5. The molecule has 0 fully saturated rings. The Morgan fingerprint density at radius 1 is 1.19 bits per heavy atom. The van der Waals surface area contributed by atoms with Crippen molar-refractivity contribution in [3.8, 4) is 11.5 Å². The number of ether oxygens (including phenoxy) is 2. The topological polar surface area (TPSA) is 134 Å². The number of unbranched alkanes of at least 4 members (excludes halogenated alkanes) is 5. The summed E-state index contributed by atoms with van der Waals surface area (Å²) in [6.45, 7) is 4.61. The number of fused-ring (bicyclic) bond motifs is 1. The van der Waals surface area contributed by atoms with Crippen LogP contribution in [0.5, 0.6) is 11.5 Å². The highest BCUT2D eigenvalue weighted by Crippen LogP contribution is 2.33. The van der Waals surface area contributed by atoms with E-state index in [0.717, 1.165) is 35.8 Å². The van der Waals surface area contributed by atoms with Crippen LogP contribution in [0, 0.1) is 0 Å². The second-order valence-corrected chi connectivity index (χ2v) is 10.7. The summed E-state index contributed by atoms with van der Waals surface area (Å²) in [6, 6.07) is 5.32. The third-order valence-corrected chi connectivity index (χ3v) is 7.46. The molecule has 186 valence electrons. The maximum Gasteiger partial charge on any atom is 0.320 e. The molecule has 1 aliphatic heterocycles. The number of benzene rings is 1. The lowest BCUT2D eigenvalue weighted by atomic mass is 10.1. The van der Waals surface area contributed by atoms with Gasteiger partial charge >= 0.3 is 5.97 Å². The summed E-state index contributed by atoms with van der Waals surface area (Å²) in [5.74, 6) is 2.35. The van der Waals surface area contributed by atoms with Gasteiger partial charge in [0.25, 0.3) is 0 Å². The molecule has 0 aliphatic carbocycles. The highest BCUT2D eigenvalue weighted by atomic mass is 32.2. The molecular formula is C23H42N2O5S2. The highest BCUT2D eigenvalue weighted by molar-refractivity contribution is 7.98. The third-order valence-electron chi connectivity index (χ3n) is 5.06. The zero-order valence-electron chi connectivity index (χ0n) is 19.8. The van der Waals surface area contributed by atoms with Gasteiger partial charge in [-0.15, -0.1) is 0 Å². The Hall–Kier alpha value is -1.29. The minimum absolute atomic E-state index is 0. The molecule has 0 spiro atoms. The Labute approximate surface area is 200 Å². The number of carbonyl (C=O) groups is 1. The van der Waals surface area contributed by atoms with E-state index < -0.39 is 22.8 Å². The van der Waals surface area contributed by atoms with Gasteiger partial charge < -0.3 is 26.5 Å². The lowest BCUT2D eigenvalue weighted by Crippen LogP contribution is -2.30. The fourth-order valence-corrected chi connectivity index (χ4v) is 4.85. The number of carboxylic acid groups (broad SMARTS) is 1. The van der Waals surface area contributed by atoms with E-state index in [0.29, 0.717) is 13.2 Å². The summed E-state index contributed by atoms with van der Waals surface area (Å²) >= 11 is 1.60. The Morgan fingerprint density at radius 2 is 1.84 bits per heavy atom. The van der Waals surface area contributed by atoms with Crippen LogP contribution in [0.3, 0.4) is 0 Å². The van der Waals surface area contributed by atoms with Crippen molar-refractivity contribution in [3.05, 3.63) is 23.8 Å². The summed E-state index contributed by atoms with van der Waals surface area (Å²) in [5.41, 5.74) is 6.36. The van der Waals surface area contributed by atoms with Gasteiger partial charge in [0.15, 0.2) is 11.5 Å². The maximum atomic E-state index is 12.3. The Kier molecular flexibility index (Phi) is 17.4. The first-order valence-corrected chi connectivity index (χ1v) is 13.9. The summed E-state index contributed by atoms with van der Waals surface area (Å²) in [4.78, 5) is 10.1. The first-order chi connectivity index (χ1) is 14.9. The van der Waals surface area contributed by atoms with E-state index in [-0.39, 0.29) is 11.4 Å². The number of nitrogens with two attached hydrogens (primary N) is 1. The first-order valence-electron chi connectivity index (χ1n) is 11.1. The second kappa shape index (κ2) is 18.2. The van der Waals surface area contributed by atoms with Crippen LogP contribution in [0.2, 0.25) is 0 Å². The van der Waals surface area contributed by atoms with Crippen LogP contribution in [0.4, 0.5) is 0 Å². The molecule has 3 atom stereocenters. The van der Waals surface area contributed by atoms with E-state index >= 15 is 0 Å². The second-order valence-electron chi connectivity index (χ2n) is 7.78. The molecule has 7 nitrogen and oxygen atoms in total. The minimum atomic E-state index is -0.913. The quantitative estimate of drug-likeness (QED) is 0.318. The predicted molar refractivity (Wildman–Crippen MR) is 136 cm³/mol. The molecule has 0 bridgehead atoms. The van der Waals surface area contributed by atoms with Crippen LogP contribution in [0.1, 0.15) is 64.4 Å². The number of rotatable bonds is 14. The molecule has 1 aliphatic rings. The fourth-order valence-electron chi connectivity index (χ4n) is 3.09. The average Bonchev–Trinajstić information content (AvgIpc) is 3.22. The number of aliphatic carboxylic acids is 1. The molecule has 0 radical (unpaired) electrons. The van der Waals surface area contributed by atoms with E-state index in [9.17, 15) is 9.00 Å². The van der Waals surface area contributed by atoms with E-state index in [4.69, 9.17) is 20.3 Å². The average molecular weight is 491 g/mol. The molecule has 32 heavy (non-hydrogen) atoms. The number of thioether (sulfide) groups is 1. The van der Waals surface area contributed by atoms with Crippen molar-refractivity contribution >= 4 is 28.5 Å². The number of hydrogen-bond donors (Lipinski definition) is 3. The van der Waals surface area contributed by atoms with Gasteiger partial charge in [0.2, 0.25) is 6.79 Å². The maximum absolute atomic E-state index is 12.3. The summed E-state index contributed by atoms with van der Waals surface area (Å²) in [5, 5.41) is 8.47. The SMILES string of the molecule is CCCCCCCCS(=O)C(C)Cc1ccc2c(c1)OCO2.CSCC[C@H](N)C(=O)O.N. The Balaban J connectivity index is 0.000000821. The van der Waals surface area contributed by atoms with Crippen molar-refractivity contribution in [1.29, 1.82) is 0 Å². The molecule has 9 heteroatoms. The number of carboxylic acids is 1. The summed E-state index contributed by atoms with van der Waals surface area (Å²) in [7, 11) is -0.743. The van der Waals surface area contributed by atoms with Crippen LogP contribution in [-0.2, 0) is 22.0 Å². The van der Waals surface area contributed by atoms with Crippen molar-refractivity contribution in [3.63, 3.8) is 0 Å². The van der Waals surface area contributed by atoms with Crippen LogP contribution >= 0.6 is 11.8 Å². The van der Waals surface area contributed by atoms with Crippen LogP contribution in [-0.4, -0.2) is 51.1 Å². The Bertz CT molecular complexity index is 676. The predicted octanol–water partition coefficient (Wildman–Crippen LogP) is 4.77. The monoisotopic (exact) mass is 490 g/mol. The molecular weight excluding hydrogens is 448 g/mol. The lowest BCUT2D eigenvalue weighted by molar-refractivity contribution is -0.138. The van der Waals surface area contributed by atoms with Crippen LogP contribution < -0.4 is 21.4 Å². The van der Waals surface area contributed by atoms with Crippen molar-refractivity contribution in [2.24, 2.45) is 5.73 Å². The van der Waals surface area contributed by atoms with E-state index in [1.54, 1.807) is 11.8 Å². The van der Waals surface area contributed by atoms with Crippen LogP contribution in [0.15, 0.2) is 18.2 Å². The third kappa shape index (κ3) is 12.7. The summed E-state index contributed by atoms with van der Waals surface area (Å²) in [6.07, 6.45) is 10.8. The minimum Gasteiger partial charge on any atom is -0.480 e. The van der Waals surface area contributed by atoms with Gasteiger partial charge in [-0.2, -0.15) is 11.8 Å². The molecule has 1 aromatic carbocycles. The first kappa shape index (κ1) is 30.7. The van der Waals surface area contributed by atoms with Gasteiger partial charge in [-0.1, -0.05) is 52.0 Å². The summed E-state index contributed by atoms with van der Waals surface area (Å²) < 4.78 is 23.0. The molecule has 2 unspecified atom stereocenters.